The number of hydrogen-bond donors (Lipinski definition) is 0. The minimum Gasteiger partial charge on any atom is -0.456 e. The number of aryl methyl sites for hydroxylation is 1. The maximum Gasteiger partial charge on any atom is 0.200 e. The summed E-state index contributed by atoms with van der Waals surface area (Å²) in [5.74, 6) is -10.0. The van der Waals surface area contributed by atoms with Crippen molar-refractivity contribution in [3.05, 3.63) is 114 Å². The summed E-state index contributed by atoms with van der Waals surface area (Å²) in [7, 11) is 0. The quantitative estimate of drug-likeness (QED) is 0.128. The maximum atomic E-state index is 15.2. The molecule has 2 aromatic heterocycles. The molecule has 0 bridgehead atoms. The van der Waals surface area contributed by atoms with Crippen LogP contribution in [0.25, 0.3) is 60.6 Å². The van der Waals surface area contributed by atoms with E-state index in [4.69, 9.17) is 4.42 Å². The summed E-state index contributed by atoms with van der Waals surface area (Å²) in [5, 5.41) is 2.83. The Hall–Kier alpha value is -4.65. The second kappa shape index (κ2) is 7.92. The molecule has 7 aromatic rings. The third-order valence-corrected chi connectivity index (χ3v) is 7.05. The summed E-state index contributed by atoms with van der Waals surface area (Å²) in [5.41, 5.74) is 3.11. The van der Waals surface area contributed by atoms with Crippen molar-refractivity contribution in [2.45, 2.75) is 6.92 Å². The fourth-order valence-electron chi connectivity index (χ4n) is 5.37. The highest BCUT2D eigenvalue weighted by atomic mass is 19.2. The highest BCUT2D eigenvalue weighted by molar-refractivity contribution is 6.26. The molecular formula is C31H16F5NO. The number of aromatic nitrogens is 1. The highest BCUT2D eigenvalue weighted by Crippen LogP contribution is 2.46. The second-order valence-electron chi connectivity index (χ2n) is 9.25. The average molecular weight is 513 g/mol. The molecule has 0 unspecified atom stereocenters. The minimum atomic E-state index is -2.20. The fraction of sp³-hybridized carbons (Fsp3) is 0.0323. The van der Waals surface area contributed by atoms with E-state index in [1.165, 1.54) is 0 Å². The molecule has 0 spiro atoms. The molecule has 5 aromatic carbocycles. The van der Waals surface area contributed by atoms with Gasteiger partial charge in [0.25, 0.3) is 0 Å². The third-order valence-electron chi connectivity index (χ3n) is 7.05. The van der Waals surface area contributed by atoms with Crippen molar-refractivity contribution in [3.8, 4) is 16.8 Å². The molecule has 0 atom stereocenters. The van der Waals surface area contributed by atoms with E-state index < -0.39 is 34.8 Å². The van der Waals surface area contributed by atoms with E-state index in [0.717, 1.165) is 32.0 Å². The lowest BCUT2D eigenvalue weighted by Crippen LogP contribution is -2.09. The molecule has 0 fully saturated rings. The molecule has 38 heavy (non-hydrogen) atoms. The number of furan rings is 1. The molecule has 0 aliphatic rings. The van der Waals surface area contributed by atoms with Gasteiger partial charge in [-0.2, -0.15) is 0 Å². The van der Waals surface area contributed by atoms with Gasteiger partial charge in [-0.15, -0.1) is 0 Å². The van der Waals surface area contributed by atoms with Gasteiger partial charge in [0.15, 0.2) is 23.3 Å². The summed E-state index contributed by atoms with van der Waals surface area (Å²) in [6, 6.07) is 23.6. The first-order valence-electron chi connectivity index (χ1n) is 11.8. The predicted octanol–water partition coefficient (Wildman–Crippen LogP) is 9.35. The number of benzene rings is 5. The molecule has 0 saturated heterocycles. The zero-order valence-corrected chi connectivity index (χ0v) is 19.8. The summed E-state index contributed by atoms with van der Waals surface area (Å²) < 4.78 is 80.4. The fourth-order valence-corrected chi connectivity index (χ4v) is 5.37. The molecule has 0 aliphatic carbocycles. The van der Waals surface area contributed by atoms with Gasteiger partial charge in [0.1, 0.15) is 16.9 Å². The first kappa shape index (κ1) is 22.5. The molecule has 2 nitrogen and oxygen atoms in total. The standard InChI is InChI=1S/C31H16F5NO/c1-15-10-12-16(13-11-15)23-24-17-6-2-4-8-19(17)37(31-29(35)27(33)26(32)28(34)30(31)36)20(24)14-22-25(23)18-7-3-5-9-21(18)38-22/h2-14H,1H3. The number of fused-ring (bicyclic) bond motifs is 6. The van der Waals surface area contributed by atoms with Gasteiger partial charge in [0.2, 0.25) is 5.82 Å². The van der Waals surface area contributed by atoms with Crippen molar-refractivity contribution in [3.63, 3.8) is 0 Å². The Balaban J connectivity index is 1.78. The van der Waals surface area contributed by atoms with E-state index in [2.05, 4.69) is 0 Å². The Morgan fingerprint density at radius 3 is 1.89 bits per heavy atom. The minimum absolute atomic E-state index is 0.247. The van der Waals surface area contributed by atoms with E-state index >= 15 is 8.78 Å². The van der Waals surface area contributed by atoms with Crippen molar-refractivity contribution in [1.82, 2.24) is 4.57 Å². The van der Waals surface area contributed by atoms with Crippen molar-refractivity contribution in [2.75, 3.05) is 0 Å². The van der Waals surface area contributed by atoms with E-state index in [0.29, 0.717) is 21.9 Å². The van der Waals surface area contributed by atoms with Crippen LogP contribution in [0.2, 0.25) is 0 Å². The van der Waals surface area contributed by atoms with Gasteiger partial charge >= 0.3 is 0 Å². The number of rotatable bonds is 2. The molecular weight excluding hydrogens is 497 g/mol. The van der Waals surface area contributed by atoms with E-state index in [9.17, 15) is 13.2 Å². The number of para-hydroxylation sites is 2. The molecule has 0 amide bonds. The van der Waals surface area contributed by atoms with Crippen molar-refractivity contribution >= 4 is 43.7 Å². The van der Waals surface area contributed by atoms with Gasteiger partial charge in [0.05, 0.1) is 11.0 Å². The normalized spacial score (nSPS) is 11.9. The zero-order valence-electron chi connectivity index (χ0n) is 19.8. The van der Waals surface area contributed by atoms with Crippen LogP contribution in [0.4, 0.5) is 22.0 Å². The van der Waals surface area contributed by atoms with Gasteiger partial charge in [-0.3, -0.25) is 0 Å². The Morgan fingerprint density at radius 2 is 1.18 bits per heavy atom. The van der Waals surface area contributed by atoms with Crippen molar-refractivity contribution in [2.24, 2.45) is 0 Å². The van der Waals surface area contributed by atoms with E-state index in [1.807, 2.05) is 55.5 Å². The summed E-state index contributed by atoms with van der Waals surface area (Å²) in [4.78, 5) is 0. The van der Waals surface area contributed by atoms with Crippen molar-refractivity contribution in [1.29, 1.82) is 0 Å². The third kappa shape index (κ3) is 2.93. The molecule has 0 aliphatic heterocycles. The van der Waals surface area contributed by atoms with E-state index in [-0.39, 0.29) is 11.0 Å². The Bertz CT molecular complexity index is 2060. The summed E-state index contributed by atoms with van der Waals surface area (Å²) in [6.07, 6.45) is 0. The van der Waals surface area contributed by atoms with Crippen LogP contribution in [0, 0.1) is 36.0 Å². The van der Waals surface area contributed by atoms with E-state index in [1.54, 1.807) is 30.3 Å². The molecule has 0 saturated carbocycles. The number of halogens is 5. The van der Waals surface area contributed by atoms with Crippen LogP contribution < -0.4 is 0 Å². The molecule has 186 valence electrons. The van der Waals surface area contributed by atoms with Crippen LogP contribution in [0.5, 0.6) is 0 Å². The molecule has 2 heterocycles. The number of nitrogens with zero attached hydrogens (tertiary/aromatic N) is 1. The Kier molecular flexibility index (Phi) is 4.70. The molecule has 7 rings (SSSR count). The van der Waals surface area contributed by atoms with Gasteiger partial charge in [0, 0.05) is 33.2 Å². The molecule has 0 N–H and O–H groups in total. The van der Waals surface area contributed by atoms with Gasteiger partial charge in [-0.1, -0.05) is 66.2 Å². The van der Waals surface area contributed by atoms with Crippen LogP contribution in [-0.2, 0) is 0 Å². The second-order valence-corrected chi connectivity index (χ2v) is 9.25. The number of hydrogen-bond acceptors (Lipinski definition) is 1. The van der Waals surface area contributed by atoms with Gasteiger partial charge < -0.3 is 8.98 Å². The zero-order chi connectivity index (χ0) is 26.3. The van der Waals surface area contributed by atoms with Crippen molar-refractivity contribution < 1.29 is 26.4 Å². The average Bonchev–Trinajstić information content (AvgIpc) is 3.46. The lowest BCUT2D eigenvalue weighted by atomic mass is 9.94. The highest BCUT2D eigenvalue weighted by Gasteiger charge is 2.30. The maximum absolute atomic E-state index is 15.2. The van der Waals surface area contributed by atoms with Gasteiger partial charge in [-0.05, 0) is 24.6 Å². The first-order chi connectivity index (χ1) is 18.4. The lowest BCUT2D eigenvalue weighted by Gasteiger charge is -2.13. The van der Waals surface area contributed by atoms with Crippen LogP contribution in [-0.4, -0.2) is 4.57 Å². The van der Waals surface area contributed by atoms with Crippen LogP contribution in [0.3, 0.4) is 0 Å². The summed E-state index contributed by atoms with van der Waals surface area (Å²) >= 11 is 0. The SMILES string of the molecule is Cc1ccc(-c2c3c(cc4c2c2ccccc2n4-c2c(F)c(F)c(F)c(F)c2F)oc2ccccc23)cc1. The molecule has 7 heteroatoms. The Labute approximate surface area is 212 Å². The van der Waals surface area contributed by atoms with Crippen LogP contribution >= 0.6 is 0 Å². The smallest absolute Gasteiger partial charge is 0.200 e. The van der Waals surface area contributed by atoms with Crippen LogP contribution in [0.1, 0.15) is 5.56 Å². The summed E-state index contributed by atoms with van der Waals surface area (Å²) in [6.45, 7) is 1.96. The predicted molar refractivity (Wildman–Crippen MR) is 138 cm³/mol. The first-order valence-corrected chi connectivity index (χ1v) is 11.8. The molecule has 0 radical (unpaired) electrons. The Morgan fingerprint density at radius 1 is 0.579 bits per heavy atom. The largest absolute Gasteiger partial charge is 0.456 e. The monoisotopic (exact) mass is 513 g/mol. The van der Waals surface area contributed by atoms with Gasteiger partial charge in [-0.25, -0.2) is 22.0 Å². The lowest BCUT2D eigenvalue weighted by molar-refractivity contribution is 0.376. The topological polar surface area (TPSA) is 18.1 Å². The van der Waals surface area contributed by atoms with Crippen LogP contribution in [0.15, 0.2) is 83.3 Å².